The highest BCUT2D eigenvalue weighted by atomic mass is 35.5. The number of carboxylic acid groups (broad SMARTS) is 1. The number of rotatable bonds is 2. The lowest BCUT2D eigenvalue weighted by atomic mass is 10.1. The van der Waals surface area contributed by atoms with Crippen LogP contribution in [0.5, 0.6) is 0 Å². The van der Waals surface area contributed by atoms with Crippen molar-refractivity contribution < 1.29 is 18.7 Å². The Bertz CT molecular complexity index is 380. The standard InChI is InChI=1S/C8H4Cl2F2O2/c9-6-3-4(11)1-2-5(6)8(10,12)7(13)14/h1-3H,(H,13,14). The summed E-state index contributed by atoms with van der Waals surface area (Å²) in [6.45, 7) is 0. The molecule has 1 aromatic carbocycles. The Labute approximate surface area is 88.1 Å². The van der Waals surface area contributed by atoms with Crippen LogP contribution in [-0.4, -0.2) is 11.1 Å². The average Bonchev–Trinajstić information content (AvgIpc) is 2.02. The normalized spacial score (nSPS) is 14.9. The zero-order chi connectivity index (χ0) is 10.9. The third-order valence-corrected chi connectivity index (χ3v) is 2.22. The van der Waals surface area contributed by atoms with Gasteiger partial charge in [-0.2, -0.15) is 0 Å². The van der Waals surface area contributed by atoms with Crippen LogP contribution in [0.4, 0.5) is 8.78 Å². The number of halogens is 4. The first-order valence-corrected chi connectivity index (χ1v) is 4.18. The lowest BCUT2D eigenvalue weighted by molar-refractivity contribution is -0.145. The van der Waals surface area contributed by atoms with Crippen LogP contribution >= 0.6 is 23.2 Å². The molecule has 0 amide bonds. The Morgan fingerprint density at radius 2 is 2.07 bits per heavy atom. The molecule has 0 aliphatic carbocycles. The van der Waals surface area contributed by atoms with Crippen LogP contribution in [0.25, 0.3) is 0 Å². The fourth-order valence-electron chi connectivity index (χ4n) is 0.859. The molecule has 6 heteroatoms. The van der Waals surface area contributed by atoms with Crippen LogP contribution in [0, 0.1) is 5.82 Å². The van der Waals surface area contributed by atoms with E-state index in [0.717, 1.165) is 18.2 Å². The predicted molar refractivity (Wildman–Crippen MR) is 47.7 cm³/mol. The maximum absolute atomic E-state index is 13.3. The SMILES string of the molecule is O=C(O)C(F)(Cl)c1ccc(F)cc1Cl. The summed E-state index contributed by atoms with van der Waals surface area (Å²) in [6, 6.07) is 2.55. The second kappa shape index (κ2) is 3.71. The maximum Gasteiger partial charge on any atom is 0.362 e. The molecule has 0 fully saturated rings. The van der Waals surface area contributed by atoms with E-state index in [1.807, 2.05) is 0 Å². The molecular formula is C8H4Cl2F2O2. The van der Waals surface area contributed by atoms with Crippen molar-refractivity contribution in [3.05, 3.63) is 34.6 Å². The average molecular weight is 241 g/mol. The van der Waals surface area contributed by atoms with E-state index >= 15 is 0 Å². The number of hydrogen-bond donors (Lipinski definition) is 1. The number of benzene rings is 1. The molecule has 1 aromatic rings. The van der Waals surface area contributed by atoms with Crippen molar-refractivity contribution in [3.8, 4) is 0 Å². The molecule has 0 saturated heterocycles. The Kier molecular flexibility index (Phi) is 2.97. The highest BCUT2D eigenvalue weighted by molar-refractivity contribution is 6.36. The highest BCUT2D eigenvalue weighted by Gasteiger charge is 2.40. The van der Waals surface area contributed by atoms with Crippen LogP contribution in [-0.2, 0) is 9.92 Å². The molecule has 1 N–H and O–H groups in total. The number of carbonyl (C=O) groups is 1. The summed E-state index contributed by atoms with van der Waals surface area (Å²) in [7, 11) is 0. The molecule has 0 aromatic heterocycles. The van der Waals surface area contributed by atoms with Crippen molar-refractivity contribution >= 4 is 29.2 Å². The lowest BCUT2D eigenvalue weighted by Crippen LogP contribution is -2.24. The minimum absolute atomic E-state index is 0.370. The second-order valence-corrected chi connectivity index (χ2v) is 3.43. The topological polar surface area (TPSA) is 37.3 Å². The third kappa shape index (κ3) is 1.96. The second-order valence-electron chi connectivity index (χ2n) is 2.50. The molecule has 76 valence electrons. The van der Waals surface area contributed by atoms with Crippen molar-refractivity contribution in [1.29, 1.82) is 0 Å². The van der Waals surface area contributed by atoms with Crippen LogP contribution in [0.3, 0.4) is 0 Å². The van der Waals surface area contributed by atoms with Crippen LogP contribution in [0.2, 0.25) is 5.02 Å². The number of hydrogen-bond acceptors (Lipinski definition) is 1. The molecule has 0 radical (unpaired) electrons. The van der Waals surface area contributed by atoms with Crippen molar-refractivity contribution in [1.82, 2.24) is 0 Å². The fraction of sp³-hybridized carbons (Fsp3) is 0.125. The monoisotopic (exact) mass is 240 g/mol. The predicted octanol–water partition coefficient (Wildman–Crippen LogP) is 2.92. The molecule has 1 atom stereocenters. The van der Waals surface area contributed by atoms with Crippen molar-refractivity contribution in [2.24, 2.45) is 0 Å². The van der Waals surface area contributed by atoms with Gasteiger partial charge in [-0.3, -0.25) is 0 Å². The molecule has 1 unspecified atom stereocenters. The molecule has 14 heavy (non-hydrogen) atoms. The van der Waals surface area contributed by atoms with Gasteiger partial charge in [0.05, 0.1) is 5.02 Å². The first-order chi connectivity index (χ1) is 6.35. The Morgan fingerprint density at radius 1 is 1.50 bits per heavy atom. The van der Waals surface area contributed by atoms with Gasteiger partial charge in [-0.1, -0.05) is 23.2 Å². The van der Waals surface area contributed by atoms with Gasteiger partial charge in [0.15, 0.2) is 0 Å². The van der Waals surface area contributed by atoms with Crippen LogP contribution < -0.4 is 0 Å². The molecule has 0 saturated carbocycles. The molecular weight excluding hydrogens is 237 g/mol. The maximum atomic E-state index is 13.3. The first kappa shape index (κ1) is 11.2. The van der Waals surface area contributed by atoms with Gasteiger partial charge in [-0.05, 0) is 18.2 Å². The number of carboxylic acids is 1. The quantitative estimate of drug-likeness (QED) is 0.808. The number of aliphatic carboxylic acids is 1. The number of alkyl halides is 2. The van der Waals surface area contributed by atoms with Gasteiger partial charge in [0.25, 0.3) is 0 Å². The molecule has 0 spiro atoms. The summed E-state index contributed by atoms with van der Waals surface area (Å²) in [5.41, 5.74) is -0.491. The molecule has 0 aliphatic heterocycles. The van der Waals surface area contributed by atoms with E-state index in [9.17, 15) is 13.6 Å². The van der Waals surface area contributed by atoms with E-state index in [-0.39, 0.29) is 5.02 Å². The zero-order valence-corrected chi connectivity index (χ0v) is 8.11. The molecule has 2 nitrogen and oxygen atoms in total. The van der Waals surface area contributed by atoms with Crippen LogP contribution in [0.15, 0.2) is 18.2 Å². The summed E-state index contributed by atoms with van der Waals surface area (Å²) in [5.74, 6) is -2.59. The minimum Gasteiger partial charge on any atom is -0.478 e. The summed E-state index contributed by atoms with van der Waals surface area (Å²) >= 11 is 10.5. The molecule has 0 heterocycles. The van der Waals surface area contributed by atoms with E-state index in [0.29, 0.717) is 0 Å². The van der Waals surface area contributed by atoms with Crippen molar-refractivity contribution in [3.63, 3.8) is 0 Å². The Balaban J connectivity index is 3.26. The van der Waals surface area contributed by atoms with Gasteiger partial charge in [0, 0.05) is 5.56 Å². The van der Waals surface area contributed by atoms with Gasteiger partial charge in [-0.15, -0.1) is 0 Å². The third-order valence-electron chi connectivity index (χ3n) is 1.54. The van der Waals surface area contributed by atoms with E-state index in [2.05, 4.69) is 0 Å². The smallest absolute Gasteiger partial charge is 0.362 e. The lowest BCUT2D eigenvalue weighted by Gasteiger charge is -2.14. The highest BCUT2D eigenvalue weighted by Crippen LogP contribution is 2.36. The summed E-state index contributed by atoms with van der Waals surface area (Å²) in [6.07, 6.45) is 0. The van der Waals surface area contributed by atoms with Crippen molar-refractivity contribution in [2.45, 2.75) is 5.13 Å². The first-order valence-electron chi connectivity index (χ1n) is 3.42. The largest absolute Gasteiger partial charge is 0.478 e. The van der Waals surface area contributed by atoms with Gasteiger partial charge in [0.2, 0.25) is 0 Å². The van der Waals surface area contributed by atoms with Crippen LogP contribution in [0.1, 0.15) is 5.56 Å². The summed E-state index contributed by atoms with van der Waals surface area (Å²) in [5, 5.41) is 4.92. The summed E-state index contributed by atoms with van der Waals surface area (Å²) < 4.78 is 25.8. The van der Waals surface area contributed by atoms with Gasteiger partial charge < -0.3 is 5.11 Å². The van der Waals surface area contributed by atoms with Gasteiger partial charge in [0.1, 0.15) is 5.82 Å². The van der Waals surface area contributed by atoms with E-state index < -0.39 is 22.5 Å². The van der Waals surface area contributed by atoms with Gasteiger partial charge in [-0.25, -0.2) is 13.6 Å². The zero-order valence-electron chi connectivity index (χ0n) is 6.60. The Morgan fingerprint density at radius 3 is 2.50 bits per heavy atom. The fourth-order valence-corrected chi connectivity index (χ4v) is 1.37. The van der Waals surface area contributed by atoms with E-state index in [1.54, 1.807) is 0 Å². The minimum atomic E-state index is -3.13. The molecule has 0 bridgehead atoms. The summed E-state index contributed by atoms with van der Waals surface area (Å²) in [4.78, 5) is 10.4. The van der Waals surface area contributed by atoms with Gasteiger partial charge >= 0.3 is 11.1 Å². The Hall–Kier alpha value is -0.870. The van der Waals surface area contributed by atoms with E-state index in [4.69, 9.17) is 28.3 Å². The molecule has 1 rings (SSSR count). The van der Waals surface area contributed by atoms with Crippen molar-refractivity contribution in [2.75, 3.05) is 0 Å². The molecule has 0 aliphatic rings. The van der Waals surface area contributed by atoms with E-state index in [1.165, 1.54) is 0 Å².